The van der Waals surface area contributed by atoms with Crippen molar-refractivity contribution in [3.05, 3.63) is 50.1 Å². The van der Waals surface area contributed by atoms with Crippen molar-refractivity contribution in [1.82, 2.24) is 4.98 Å². The lowest BCUT2D eigenvalue weighted by Crippen LogP contribution is -2.03. The van der Waals surface area contributed by atoms with E-state index in [4.69, 9.17) is 0 Å². The quantitative estimate of drug-likeness (QED) is 0.595. The van der Waals surface area contributed by atoms with Gasteiger partial charge in [-0.1, -0.05) is 6.07 Å². The van der Waals surface area contributed by atoms with E-state index in [1.165, 1.54) is 12.1 Å². The Labute approximate surface area is 117 Å². The Morgan fingerprint density at radius 3 is 2.58 bits per heavy atom. The number of benzene rings is 1. The van der Waals surface area contributed by atoms with Crippen molar-refractivity contribution in [2.24, 2.45) is 0 Å². The summed E-state index contributed by atoms with van der Waals surface area (Å²) in [6, 6.07) is 3.76. The first-order valence-electron chi connectivity index (χ1n) is 4.82. The molecule has 1 heterocycles. The fraction of sp³-hybridized carbons (Fsp3) is 0.0909. The van der Waals surface area contributed by atoms with Crippen molar-refractivity contribution < 1.29 is 22.4 Å². The van der Waals surface area contributed by atoms with E-state index in [9.17, 15) is 22.4 Å². The molecule has 0 fully saturated rings. The van der Waals surface area contributed by atoms with Crippen molar-refractivity contribution in [3.8, 4) is 0 Å². The number of carbonyl (C=O) groups excluding carboxylic acids is 1. The number of carbonyl (C=O) groups is 1. The van der Waals surface area contributed by atoms with Gasteiger partial charge in [-0.05, 0) is 28.1 Å². The summed E-state index contributed by atoms with van der Waals surface area (Å²) < 4.78 is 50.3. The average Bonchev–Trinajstić information content (AvgIpc) is 2.81. The molecule has 0 saturated heterocycles. The maximum atomic E-state index is 13.3. The van der Waals surface area contributed by atoms with E-state index >= 15 is 0 Å². The third-order valence-corrected chi connectivity index (χ3v) is 4.02. The zero-order valence-corrected chi connectivity index (χ0v) is 11.4. The van der Waals surface area contributed by atoms with Gasteiger partial charge < -0.3 is 0 Å². The standard InChI is InChI=1S/C11H4BrF4NOS/c12-8-5(2-1-3-6(8)13)9(18)7-4-17-10(19-7)11(14,15)16/h1-4H. The van der Waals surface area contributed by atoms with Crippen LogP contribution in [-0.4, -0.2) is 10.8 Å². The summed E-state index contributed by atoms with van der Waals surface area (Å²) in [5.74, 6) is -1.37. The molecule has 0 aliphatic carbocycles. The van der Waals surface area contributed by atoms with Crippen LogP contribution in [0.1, 0.15) is 20.2 Å². The maximum absolute atomic E-state index is 13.3. The first kappa shape index (κ1) is 14.1. The number of thiazole rings is 1. The van der Waals surface area contributed by atoms with Crippen molar-refractivity contribution >= 4 is 33.0 Å². The molecule has 1 aromatic heterocycles. The van der Waals surface area contributed by atoms with Crippen LogP contribution in [0.5, 0.6) is 0 Å². The molecule has 1 aromatic carbocycles. The Kier molecular flexibility index (Phi) is 3.73. The zero-order valence-electron chi connectivity index (χ0n) is 8.96. The average molecular weight is 354 g/mol. The van der Waals surface area contributed by atoms with Crippen LogP contribution in [0.2, 0.25) is 0 Å². The van der Waals surface area contributed by atoms with Crippen LogP contribution in [0.25, 0.3) is 0 Å². The molecule has 2 aromatic rings. The van der Waals surface area contributed by atoms with E-state index in [-0.39, 0.29) is 26.3 Å². The molecular weight excluding hydrogens is 350 g/mol. The molecule has 0 amide bonds. The van der Waals surface area contributed by atoms with Gasteiger partial charge in [0.15, 0.2) is 5.01 Å². The number of alkyl halides is 3. The second-order valence-corrected chi connectivity index (χ2v) is 5.28. The van der Waals surface area contributed by atoms with Crippen molar-refractivity contribution in [1.29, 1.82) is 0 Å². The van der Waals surface area contributed by atoms with Gasteiger partial charge in [0.2, 0.25) is 5.78 Å². The third-order valence-electron chi connectivity index (χ3n) is 2.17. The van der Waals surface area contributed by atoms with Crippen LogP contribution in [0.4, 0.5) is 17.6 Å². The number of aromatic nitrogens is 1. The lowest BCUT2D eigenvalue weighted by Gasteiger charge is -2.02. The molecule has 0 aliphatic heterocycles. The fourth-order valence-electron chi connectivity index (χ4n) is 1.32. The van der Waals surface area contributed by atoms with Gasteiger partial charge in [0, 0.05) is 11.8 Å². The van der Waals surface area contributed by atoms with Gasteiger partial charge in [0.1, 0.15) is 5.82 Å². The summed E-state index contributed by atoms with van der Waals surface area (Å²) in [4.78, 5) is 14.9. The first-order chi connectivity index (χ1) is 8.80. The third kappa shape index (κ3) is 2.84. The normalized spacial score (nSPS) is 11.6. The molecule has 0 radical (unpaired) electrons. The maximum Gasteiger partial charge on any atom is 0.443 e. The van der Waals surface area contributed by atoms with E-state index in [0.717, 1.165) is 12.3 Å². The summed E-state index contributed by atoms with van der Waals surface area (Å²) in [6.07, 6.45) is -3.75. The van der Waals surface area contributed by atoms with Crippen LogP contribution in [-0.2, 0) is 6.18 Å². The van der Waals surface area contributed by atoms with Crippen molar-refractivity contribution in [2.75, 3.05) is 0 Å². The summed E-state index contributed by atoms with van der Waals surface area (Å²) in [7, 11) is 0. The molecule has 0 atom stereocenters. The topological polar surface area (TPSA) is 30.0 Å². The summed E-state index contributed by atoms with van der Waals surface area (Å²) in [6.45, 7) is 0. The van der Waals surface area contributed by atoms with E-state index in [0.29, 0.717) is 0 Å². The second-order valence-electron chi connectivity index (χ2n) is 3.46. The van der Waals surface area contributed by atoms with Gasteiger partial charge in [-0.15, -0.1) is 11.3 Å². The van der Waals surface area contributed by atoms with Gasteiger partial charge in [-0.3, -0.25) is 4.79 Å². The lowest BCUT2D eigenvalue weighted by atomic mass is 10.1. The van der Waals surface area contributed by atoms with Crippen LogP contribution < -0.4 is 0 Å². The van der Waals surface area contributed by atoms with E-state index in [1.54, 1.807) is 0 Å². The van der Waals surface area contributed by atoms with Crippen LogP contribution >= 0.6 is 27.3 Å². The molecule has 0 spiro atoms. The Morgan fingerprint density at radius 2 is 2.00 bits per heavy atom. The fourth-order valence-corrected chi connectivity index (χ4v) is 2.50. The van der Waals surface area contributed by atoms with Gasteiger partial charge in [0.05, 0.1) is 9.35 Å². The summed E-state index contributed by atoms with van der Waals surface area (Å²) in [5, 5.41) is -1.11. The highest BCUT2D eigenvalue weighted by Crippen LogP contribution is 2.33. The number of hydrogen-bond donors (Lipinski definition) is 0. The van der Waals surface area contributed by atoms with Crippen LogP contribution in [0, 0.1) is 5.82 Å². The molecular formula is C11H4BrF4NOS. The highest BCUT2D eigenvalue weighted by Gasteiger charge is 2.35. The number of nitrogens with zero attached hydrogens (tertiary/aromatic N) is 1. The molecule has 0 unspecified atom stereocenters. The van der Waals surface area contributed by atoms with Gasteiger partial charge in [-0.25, -0.2) is 9.37 Å². The van der Waals surface area contributed by atoms with E-state index in [2.05, 4.69) is 20.9 Å². The zero-order chi connectivity index (χ0) is 14.2. The number of rotatable bonds is 2. The molecule has 2 nitrogen and oxygen atoms in total. The Morgan fingerprint density at radius 1 is 1.32 bits per heavy atom. The lowest BCUT2D eigenvalue weighted by molar-refractivity contribution is -0.137. The second kappa shape index (κ2) is 5.01. The number of ketones is 1. The number of halogens is 5. The predicted molar refractivity (Wildman–Crippen MR) is 64.6 cm³/mol. The molecule has 0 aliphatic rings. The Balaban J connectivity index is 2.40. The summed E-state index contributed by atoms with van der Waals surface area (Å²) in [5.41, 5.74) is -0.0441. The predicted octanol–water partition coefficient (Wildman–Crippen LogP) is 4.29. The minimum absolute atomic E-state index is 0.0441. The van der Waals surface area contributed by atoms with Gasteiger partial charge >= 0.3 is 6.18 Å². The molecule has 0 N–H and O–H groups in total. The minimum atomic E-state index is -4.59. The number of hydrogen-bond acceptors (Lipinski definition) is 3. The highest BCUT2D eigenvalue weighted by molar-refractivity contribution is 9.10. The monoisotopic (exact) mass is 353 g/mol. The minimum Gasteiger partial charge on any atom is -0.288 e. The largest absolute Gasteiger partial charge is 0.443 e. The molecule has 19 heavy (non-hydrogen) atoms. The van der Waals surface area contributed by atoms with E-state index < -0.39 is 22.8 Å². The Bertz CT molecular complexity index is 638. The first-order valence-corrected chi connectivity index (χ1v) is 6.43. The van der Waals surface area contributed by atoms with Gasteiger partial charge in [0.25, 0.3) is 0 Å². The molecule has 0 bridgehead atoms. The highest BCUT2D eigenvalue weighted by atomic mass is 79.9. The van der Waals surface area contributed by atoms with Gasteiger partial charge in [-0.2, -0.15) is 13.2 Å². The Hall–Kier alpha value is -1.28. The van der Waals surface area contributed by atoms with Crippen molar-refractivity contribution in [2.45, 2.75) is 6.18 Å². The van der Waals surface area contributed by atoms with Crippen LogP contribution in [0.3, 0.4) is 0 Å². The molecule has 100 valence electrons. The molecule has 8 heteroatoms. The smallest absolute Gasteiger partial charge is 0.288 e. The van der Waals surface area contributed by atoms with Crippen molar-refractivity contribution in [3.63, 3.8) is 0 Å². The SMILES string of the molecule is O=C(c1cnc(C(F)(F)F)s1)c1cccc(F)c1Br. The summed E-state index contributed by atoms with van der Waals surface area (Å²) >= 11 is 3.12. The molecule has 0 saturated carbocycles. The van der Waals surface area contributed by atoms with E-state index in [1.807, 2.05) is 0 Å². The molecule has 2 rings (SSSR count). The van der Waals surface area contributed by atoms with Crippen LogP contribution in [0.15, 0.2) is 28.9 Å².